The Balaban J connectivity index is 2.95. The molecule has 1 aromatic rings. The van der Waals surface area contributed by atoms with Crippen LogP contribution in [0.4, 0.5) is 5.69 Å². The molecule has 76 valence electrons. The van der Waals surface area contributed by atoms with E-state index < -0.39 is 0 Å². The summed E-state index contributed by atoms with van der Waals surface area (Å²) in [6.07, 6.45) is 5.51. The van der Waals surface area contributed by atoms with E-state index in [-0.39, 0.29) is 0 Å². The Morgan fingerprint density at radius 1 is 1.64 bits per heavy atom. The molecule has 1 heterocycles. The fraction of sp³-hybridized carbons (Fsp3) is 0.364. The van der Waals surface area contributed by atoms with E-state index in [0.29, 0.717) is 6.54 Å². The summed E-state index contributed by atoms with van der Waals surface area (Å²) in [5.74, 6) is 0. The molecule has 0 aliphatic carbocycles. The highest BCUT2D eigenvalue weighted by atomic mass is 15.1. The maximum Gasteiger partial charge on any atom is 0.0445 e. The van der Waals surface area contributed by atoms with Crippen LogP contribution in [0.5, 0.6) is 0 Å². The molecule has 0 aromatic carbocycles. The van der Waals surface area contributed by atoms with Crippen molar-refractivity contribution in [3.63, 3.8) is 0 Å². The van der Waals surface area contributed by atoms with Gasteiger partial charge in [0.2, 0.25) is 0 Å². The average molecular weight is 191 g/mol. The monoisotopic (exact) mass is 191 g/mol. The van der Waals surface area contributed by atoms with E-state index in [9.17, 15) is 0 Å². The van der Waals surface area contributed by atoms with Crippen LogP contribution in [-0.4, -0.2) is 18.1 Å². The summed E-state index contributed by atoms with van der Waals surface area (Å²) in [5.41, 5.74) is 7.88. The number of nitrogens with two attached hydrogens (primary N) is 1. The predicted molar refractivity (Wildman–Crippen MR) is 60.2 cm³/mol. The Bertz CT molecular complexity index is 296. The van der Waals surface area contributed by atoms with Crippen LogP contribution < -0.4 is 10.6 Å². The van der Waals surface area contributed by atoms with Crippen LogP contribution in [0.2, 0.25) is 0 Å². The van der Waals surface area contributed by atoms with E-state index in [1.54, 1.807) is 6.20 Å². The standard InChI is InChI=1S/C11H17N3/c1-3-7-14(4-2)11-5-6-13-9-10(11)8-12/h3,5-6,9H,1,4,7-8,12H2,2H3. The van der Waals surface area contributed by atoms with Crippen LogP contribution in [0.3, 0.4) is 0 Å². The Morgan fingerprint density at radius 2 is 2.43 bits per heavy atom. The second kappa shape index (κ2) is 5.40. The van der Waals surface area contributed by atoms with Gasteiger partial charge in [-0.05, 0) is 13.0 Å². The van der Waals surface area contributed by atoms with Gasteiger partial charge in [-0.3, -0.25) is 4.98 Å². The first-order chi connectivity index (χ1) is 6.83. The van der Waals surface area contributed by atoms with Gasteiger partial charge in [-0.15, -0.1) is 6.58 Å². The summed E-state index contributed by atoms with van der Waals surface area (Å²) in [6.45, 7) is 8.17. The SMILES string of the molecule is C=CCN(CC)c1ccncc1CN. The molecule has 0 spiro atoms. The second-order valence-corrected chi connectivity index (χ2v) is 3.04. The highest BCUT2D eigenvalue weighted by molar-refractivity contribution is 5.52. The van der Waals surface area contributed by atoms with E-state index in [1.807, 2.05) is 18.3 Å². The number of hydrogen-bond acceptors (Lipinski definition) is 3. The fourth-order valence-electron chi connectivity index (χ4n) is 1.44. The van der Waals surface area contributed by atoms with Gasteiger partial charge in [-0.2, -0.15) is 0 Å². The molecule has 0 radical (unpaired) electrons. The van der Waals surface area contributed by atoms with E-state index in [4.69, 9.17) is 5.73 Å². The van der Waals surface area contributed by atoms with Crippen molar-refractivity contribution < 1.29 is 0 Å². The van der Waals surface area contributed by atoms with Gasteiger partial charge < -0.3 is 10.6 Å². The molecule has 14 heavy (non-hydrogen) atoms. The summed E-state index contributed by atoms with van der Waals surface area (Å²) >= 11 is 0. The molecule has 1 rings (SSSR count). The van der Waals surface area contributed by atoms with Crippen molar-refractivity contribution in [3.05, 3.63) is 36.7 Å². The zero-order valence-corrected chi connectivity index (χ0v) is 8.61. The largest absolute Gasteiger partial charge is 0.368 e. The van der Waals surface area contributed by atoms with Crippen molar-refractivity contribution in [1.82, 2.24) is 4.98 Å². The van der Waals surface area contributed by atoms with Gasteiger partial charge in [-0.25, -0.2) is 0 Å². The minimum atomic E-state index is 0.525. The number of nitrogens with zero attached hydrogens (tertiary/aromatic N) is 2. The van der Waals surface area contributed by atoms with Crippen LogP contribution in [0.15, 0.2) is 31.1 Å². The highest BCUT2D eigenvalue weighted by Crippen LogP contribution is 2.18. The number of hydrogen-bond donors (Lipinski definition) is 1. The first-order valence-corrected chi connectivity index (χ1v) is 4.82. The lowest BCUT2D eigenvalue weighted by Crippen LogP contribution is -2.24. The molecule has 1 aromatic heterocycles. The third-order valence-electron chi connectivity index (χ3n) is 2.17. The molecule has 0 atom stereocenters. The molecule has 0 aliphatic heterocycles. The molecule has 0 aliphatic rings. The number of likely N-dealkylation sites (N-methyl/N-ethyl adjacent to an activating group) is 1. The van der Waals surface area contributed by atoms with Gasteiger partial charge in [-0.1, -0.05) is 6.08 Å². The normalized spacial score (nSPS) is 9.86. The van der Waals surface area contributed by atoms with E-state index in [1.165, 1.54) is 0 Å². The zero-order valence-electron chi connectivity index (χ0n) is 8.61. The van der Waals surface area contributed by atoms with Crippen LogP contribution in [-0.2, 0) is 6.54 Å². The molecule has 3 nitrogen and oxygen atoms in total. The Morgan fingerprint density at radius 3 is 3.00 bits per heavy atom. The molecule has 2 N–H and O–H groups in total. The van der Waals surface area contributed by atoms with Gasteiger partial charge in [0.05, 0.1) is 0 Å². The predicted octanol–water partition coefficient (Wildman–Crippen LogP) is 1.55. The summed E-state index contributed by atoms with van der Waals surface area (Å²) in [7, 11) is 0. The third kappa shape index (κ3) is 2.33. The van der Waals surface area contributed by atoms with Gasteiger partial charge in [0.1, 0.15) is 0 Å². The van der Waals surface area contributed by atoms with E-state index in [0.717, 1.165) is 24.3 Å². The summed E-state index contributed by atoms with van der Waals surface area (Å²) in [6, 6.07) is 2.00. The number of rotatable bonds is 5. The average Bonchev–Trinajstić information content (AvgIpc) is 2.26. The lowest BCUT2D eigenvalue weighted by atomic mass is 10.2. The van der Waals surface area contributed by atoms with Gasteiger partial charge in [0.25, 0.3) is 0 Å². The highest BCUT2D eigenvalue weighted by Gasteiger charge is 2.06. The maximum atomic E-state index is 5.65. The van der Waals surface area contributed by atoms with Crippen molar-refractivity contribution in [1.29, 1.82) is 0 Å². The minimum absolute atomic E-state index is 0.525. The summed E-state index contributed by atoms with van der Waals surface area (Å²) in [4.78, 5) is 6.28. The van der Waals surface area contributed by atoms with Crippen molar-refractivity contribution in [2.24, 2.45) is 5.73 Å². The zero-order chi connectivity index (χ0) is 10.4. The van der Waals surface area contributed by atoms with E-state index in [2.05, 4.69) is 23.4 Å². The molecule has 0 bridgehead atoms. The first-order valence-electron chi connectivity index (χ1n) is 4.82. The Kier molecular flexibility index (Phi) is 4.13. The van der Waals surface area contributed by atoms with Crippen molar-refractivity contribution in [2.45, 2.75) is 13.5 Å². The molecular weight excluding hydrogens is 174 g/mol. The van der Waals surface area contributed by atoms with Crippen LogP contribution >= 0.6 is 0 Å². The number of anilines is 1. The third-order valence-corrected chi connectivity index (χ3v) is 2.17. The second-order valence-electron chi connectivity index (χ2n) is 3.04. The molecule has 0 fully saturated rings. The quantitative estimate of drug-likeness (QED) is 0.718. The lowest BCUT2D eigenvalue weighted by molar-refractivity contribution is 0.885. The van der Waals surface area contributed by atoms with Crippen LogP contribution in [0, 0.1) is 0 Å². The summed E-state index contributed by atoms with van der Waals surface area (Å²) in [5, 5.41) is 0. The van der Waals surface area contributed by atoms with Crippen molar-refractivity contribution >= 4 is 5.69 Å². The Labute approximate surface area is 85.3 Å². The minimum Gasteiger partial charge on any atom is -0.368 e. The first kappa shape index (κ1) is 10.7. The smallest absolute Gasteiger partial charge is 0.0445 e. The van der Waals surface area contributed by atoms with Gasteiger partial charge in [0, 0.05) is 43.3 Å². The van der Waals surface area contributed by atoms with Crippen LogP contribution in [0.1, 0.15) is 12.5 Å². The van der Waals surface area contributed by atoms with Crippen molar-refractivity contribution in [3.8, 4) is 0 Å². The summed E-state index contributed by atoms with van der Waals surface area (Å²) < 4.78 is 0. The Hall–Kier alpha value is -1.35. The van der Waals surface area contributed by atoms with Gasteiger partial charge >= 0.3 is 0 Å². The molecule has 0 unspecified atom stereocenters. The van der Waals surface area contributed by atoms with Crippen LogP contribution in [0.25, 0.3) is 0 Å². The number of aromatic nitrogens is 1. The van der Waals surface area contributed by atoms with Gasteiger partial charge in [0.15, 0.2) is 0 Å². The van der Waals surface area contributed by atoms with Crippen molar-refractivity contribution in [2.75, 3.05) is 18.0 Å². The molecule has 3 heteroatoms. The van der Waals surface area contributed by atoms with E-state index >= 15 is 0 Å². The molecule has 0 saturated carbocycles. The lowest BCUT2D eigenvalue weighted by Gasteiger charge is -2.23. The molecule has 0 amide bonds. The topological polar surface area (TPSA) is 42.2 Å². The fourth-order valence-corrected chi connectivity index (χ4v) is 1.44. The maximum absolute atomic E-state index is 5.65. The molecule has 0 saturated heterocycles. The molecular formula is C11H17N3. The number of pyridine rings is 1.